The summed E-state index contributed by atoms with van der Waals surface area (Å²) in [6.45, 7) is 8.62. The molecule has 0 unspecified atom stereocenters. The molecular weight excluding hydrogens is 510 g/mol. The van der Waals surface area contributed by atoms with E-state index < -0.39 is 18.2 Å². The number of hydrogen-bond acceptors (Lipinski definition) is 7. The van der Waals surface area contributed by atoms with Crippen LogP contribution in [0, 0.1) is 29.6 Å². The first-order chi connectivity index (χ1) is 18.0. The number of pyridine rings is 2. The number of nitrogens with zero attached hydrogens (tertiary/aromatic N) is 6. The molecule has 1 aromatic carbocycles. The minimum atomic E-state index is -0.940. The predicted octanol–water partition coefficient (Wildman–Crippen LogP) is 6.14. The van der Waals surface area contributed by atoms with Gasteiger partial charge in [-0.2, -0.15) is 9.65 Å². The molecule has 1 aliphatic carbocycles. The summed E-state index contributed by atoms with van der Waals surface area (Å²) < 4.78 is 29.0. The van der Waals surface area contributed by atoms with Crippen LogP contribution in [0.15, 0.2) is 36.7 Å². The highest BCUT2D eigenvalue weighted by Crippen LogP contribution is 2.40. The molecule has 1 fully saturated rings. The van der Waals surface area contributed by atoms with E-state index in [9.17, 15) is 14.0 Å². The van der Waals surface area contributed by atoms with Crippen LogP contribution in [0.5, 0.6) is 0 Å². The van der Waals surface area contributed by atoms with E-state index in [4.69, 9.17) is 11.6 Å². The highest BCUT2D eigenvalue weighted by molar-refractivity contribution is 6.35. The summed E-state index contributed by atoms with van der Waals surface area (Å²) in [6.07, 6.45) is 2.66. The van der Waals surface area contributed by atoms with Crippen molar-refractivity contribution in [3.05, 3.63) is 70.1 Å². The number of aryl methyl sites for hydroxylation is 1. The Balaban J connectivity index is 1.59. The van der Waals surface area contributed by atoms with Gasteiger partial charge in [0, 0.05) is 41.5 Å². The highest BCUT2D eigenvalue weighted by Gasteiger charge is 2.40. The van der Waals surface area contributed by atoms with Gasteiger partial charge in [-0.1, -0.05) is 43.7 Å². The monoisotopic (exact) mass is 536 g/mol. The van der Waals surface area contributed by atoms with E-state index in [0.29, 0.717) is 62.8 Å². The minimum absolute atomic E-state index is 0.0355. The Morgan fingerprint density at radius 2 is 2.05 bits per heavy atom. The normalized spacial score (nSPS) is 17.7. The molecule has 0 aliphatic heterocycles. The first kappa shape index (κ1) is 25.8. The Bertz CT molecular complexity index is 1560. The first-order valence-electron chi connectivity index (χ1n) is 12.3. The Hall–Kier alpha value is -3.84. The first-order valence-corrected chi connectivity index (χ1v) is 12.6. The third-order valence-electron chi connectivity index (χ3n) is 6.40. The number of fused-ring (bicyclic) bond motifs is 1. The van der Waals surface area contributed by atoms with Crippen LogP contribution in [-0.4, -0.2) is 37.7 Å². The van der Waals surface area contributed by atoms with Crippen molar-refractivity contribution >= 4 is 33.9 Å². The summed E-state index contributed by atoms with van der Waals surface area (Å²) in [4.78, 5) is 8.39. The Morgan fingerprint density at radius 1 is 1.29 bits per heavy atom. The average molecular weight is 537 g/mol. The van der Waals surface area contributed by atoms with Crippen molar-refractivity contribution < 1.29 is 8.78 Å². The zero-order valence-corrected chi connectivity index (χ0v) is 22.2. The van der Waals surface area contributed by atoms with Crippen molar-refractivity contribution in [1.29, 1.82) is 5.26 Å². The second-order valence-electron chi connectivity index (χ2n) is 10.8. The van der Waals surface area contributed by atoms with Crippen LogP contribution in [0.1, 0.15) is 61.8 Å². The largest absolute Gasteiger partial charge is 0.383 e. The molecular formula is C27H27ClF2N8. The Morgan fingerprint density at radius 3 is 2.71 bits per heavy atom. The second kappa shape index (κ2) is 9.80. The summed E-state index contributed by atoms with van der Waals surface area (Å²) >= 11 is 6.67. The molecule has 196 valence electrons. The van der Waals surface area contributed by atoms with Gasteiger partial charge in [0.25, 0.3) is 0 Å². The SMILES string of the molecule is Cc1nc(F)ccc1[C@H](Nc1cc(Cl)c2ncc(C#N)c(NCC(C)(C)C)c2c1)c1cn([C@@H]2C[C@@H]2F)nn1. The van der Waals surface area contributed by atoms with Crippen molar-refractivity contribution in [3.8, 4) is 6.07 Å². The summed E-state index contributed by atoms with van der Waals surface area (Å²) in [5.41, 5.74) is 3.85. The number of halogens is 3. The van der Waals surface area contributed by atoms with Gasteiger partial charge in [0.05, 0.1) is 40.1 Å². The molecule has 8 nitrogen and oxygen atoms in total. The third-order valence-corrected chi connectivity index (χ3v) is 6.69. The van der Waals surface area contributed by atoms with E-state index in [0.717, 1.165) is 0 Å². The Labute approximate surface area is 224 Å². The fourth-order valence-corrected chi connectivity index (χ4v) is 4.57. The number of benzene rings is 1. The third kappa shape index (κ3) is 5.24. The van der Waals surface area contributed by atoms with E-state index in [2.05, 4.69) is 57.8 Å². The lowest BCUT2D eigenvalue weighted by atomic mass is 9.96. The Kier molecular flexibility index (Phi) is 6.65. The molecule has 2 N–H and O–H groups in total. The van der Waals surface area contributed by atoms with E-state index in [1.807, 2.05) is 6.07 Å². The van der Waals surface area contributed by atoms with Crippen LogP contribution in [0.2, 0.25) is 5.02 Å². The number of aromatic nitrogens is 5. The topological polar surface area (TPSA) is 104 Å². The quantitative estimate of drug-likeness (QED) is 0.273. The van der Waals surface area contributed by atoms with E-state index in [1.54, 1.807) is 25.3 Å². The molecule has 0 amide bonds. The van der Waals surface area contributed by atoms with Crippen molar-refractivity contribution in [2.75, 3.05) is 17.2 Å². The summed E-state index contributed by atoms with van der Waals surface area (Å²) in [7, 11) is 0. The maximum Gasteiger partial charge on any atom is 0.213 e. The van der Waals surface area contributed by atoms with Gasteiger partial charge < -0.3 is 10.6 Å². The number of alkyl halides is 1. The van der Waals surface area contributed by atoms with Gasteiger partial charge in [0.2, 0.25) is 5.95 Å². The predicted molar refractivity (Wildman–Crippen MR) is 142 cm³/mol. The van der Waals surface area contributed by atoms with Crippen LogP contribution < -0.4 is 10.6 Å². The molecule has 0 saturated heterocycles. The standard InChI is InChI=1S/C27H27ClF2N8/c1-14-17(5-6-23(30)34-14)26(21-12-38(37-36-21)22-9-20(22)29)35-16-7-18-24(33-13-27(2,3)4)15(10-31)11-32-25(18)19(28)8-16/h5-8,11-12,20,22,26,35H,9,13H2,1-4H3,(H,32,33)/t20-,22+,26-/m0/s1. The summed E-state index contributed by atoms with van der Waals surface area (Å²) in [6, 6.07) is 7.81. The number of nitriles is 1. The molecule has 4 aromatic rings. The molecule has 38 heavy (non-hydrogen) atoms. The van der Waals surface area contributed by atoms with Crippen LogP contribution in [0.25, 0.3) is 10.9 Å². The zero-order valence-electron chi connectivity index (χ0n) is 21.4. The van der Waals surface area contributed by atoms with Crippen molar-refractivity contribution in [1.82, 2.24) is 25.0 Å². The van der Waals surface area contributed by atoms with Crippen LogP contribution in [0.3, 0.4) is 0 Å². The lowest BCUT2D eigenvalue weighted by molar-refractivity contribution is 0.425. The van der Waals surface area contributed by atoms with Gasteiger partial charge in [-0.3, -0.25) is 4.98 Å². The number of hydrogen-bond donors (Lipinski definition) is 2. The van der Waals surface area contributed by atoms with Gasteiger partial charge >= 0.3 is 0 Å². The van der Waals surface area contributed by atoms with Gasteiger partial charge in [0.1, 0.15) is 17.9 Å². The van der Waals surface area contributed by atoms with Crippen LogP contribution in [-0.2, 0) is 0 Å². The molecule has 3 aromatic heterocycles. The van der Waals surface area contributed by atoms with Gasteiger partial charge in [0.15, 0.2) is 0 Å². The smallest absolute Gasteiger partial charge is 0.213 e. The van der Waals surface area contributed by atoms with Gasteiger partial charge in [-0.15, -0.1) is 5.10 Å². The molecule has 0 radical (unpaired) electrons. The second-order valence-corrected chi connectivity index (χ2v) is 11.2. The maximum atomic E-state index is 13.8. The molecule has 0 spiro atoms. The molecule has 11 heteroatoms. The molecule has 1 saturated carbocycles. The van der Waals surface area contributed by atoms with Crippen molar-refractivity contribution in [3.63, 3.8) is 0 Å². The van der Waals surface area contributed by atoms with E-state index >= 15 is 0 Å². The molecule has 3 atom stereocenters. The molecule has 0 bridgehead atoms. The maximum absolute atomic E-state index is 13.8. The van der Waals surface area contributed by atoms with Crippen molar-refractivity contribution in [2.24, 2.45) is 5.41 Å². The lowest BCUT2D eigenvalue weighted by Crippen LogP contribution is -2.20. The number of nitrogens with one attached hydrogen (secondary N) is 2. The summed E-state index contributed by atoms with van der Waals surface area (Å²) in [5.74, 6) is -0.592. The highest BCUT2D eigenvalue weighted by atomic mass is 35.5. The van der Waals surface area contributed by atoms with Gasteiger partial charge in [-0.05, 0) is 30.5 Å². The van der Waals surface area contributed by atoms with E-state index in [-0.39, 0.29) is 11.5 Å². The average Bonchev–Trinajstić information content (AvgIpc) is 3.38. The van der Waals surface area contributed by atoms with Crippen LogP contribution >= 0.6 is 11.6 Å². The number of anilines is 2. The van der Waals surface area contributed by atoms with E-state index in [1.165, 1.54) is 16.9 Å². The molecule has 5 rings (SSSR count). The molecule has 1 aliphatic rings. The minimum Gasteiger partial charge on any atom is -0.383 e. The van der Waals surface area contributed by atoms with Crippen molar-refractivity contribution in [2.45, 2.75) is 52.4 Å². The van der Waals surface area contributed by atoms with Gasteiger partial charge in [-0.25, -0.2) is 14.1 Å². The lowest BCUT2D eigenvalue weighted by Gasteiger charge is -2.23. The zero-order chi connectivity index (χ0) is 27.2. The summed E-state index contributed by atoms with van der Waals surface area (Å²) in [5, 5.41) is 26.1. The fourth-order valence-electron chi connectivity index (χ4n) is 4.31. The fraction of sp³-hybridized carbons (Fsp3) is 0.370. The number of rotatable bonds is 7. The molecule has 3 heterocycles. The van der Waals surface area contributed by atoms with Crippen LogP contribution in [0.4, 0.5) is 20.2 Å².